The quantitative estimate of drug-likeness (QED) is 0.543. The van der Waals surface area contributed by atoms with Crippen LogP contribution in [0.25, 0.3) is 11.1 Å². The first-order valence-electron chi connectivity index (χ1n) is 10.5. The number of benzene rings is 1. The topological polar surface area (TPSA) is 34.0 Å². The summed E-state index contributed by atoms with van der Waals surface area (Å²) in [5.41, 5.74) is 4.09. The molecule has 0 N–H and O–H groups in total. The number of hydrogen-bond acceptors (Lipinski definition) is 3. The maximum atomic E-state index is 14.7. The van der Waals surface area contributed by atoms with Gasteiger partial charge in [-0.3, -0.25) is 9.58 Å². The smallest absolute Gasteiger partial charge is 0.212 e. The van der Waals surface area contributed by atoms with Crippen molar-refractivity contribution in [3.05, 3.63) is 71.6 Å². The van der Waals surface area contributed by atoms with Gasteiger partial charge in [-0.2, -0.15) is 9.49 Å². The molecule has 1 aromatic carbocycles. The SMILES string of the molecule is CCn1cc(-c2ccc3c(c2)C[C@@H](C)N(CC(C)(C)F)[C@@H]3c2ccc(F)nc2)cn1. The summed E-state index contributed by atoms with van der Waals surface area (Å²) in [6.45, 7) is 8.51. The van der Waals surface area contributed by atoms with E-state index in [4.69, 9.17) is 0 Å². The Hall–Kier alpha value is -2.60. The zero-order chi connectivity index (χ0) is 21.5. The van der Waals surface area contributed by atoms with Crippen LogP contribution in [0.1, 0.15) is 50.4 Å². The van der Waals surface area contributed by atoms with Crippen molar-refractivity contribution in [2.24, 2.45) is 0 Å². The highest BCUT2D eigenvalue weighted by atomic mass is 19.1. The van der Waals surface area contributed by atoms with Gasteiger partial charge >= 0.3 is 0 Å². The lowest BCUT2D eigenvalue weighted by molar-refractivity contribution is 0.0676. The van der Waals surface area contributed by atoms with Gasteiger partial charge in [0.2, 0.25) is 5.95 Å². The minimum Gasteiger partial charge on any atom is -0.286 e. The zero-order valence-electron chi connectivity index (χ0n) is 17.9. The molecule has 4 rings (SSSR count). The van der Waals surface area contributed by atoms with Gasteiger partial charge in [-0.25, -0.2) is 9.37 Å². The third-order valence-corrected chi connectivity index (χ3v) is 5.77. The molecule has 30 heavy (non-hydrogen) atoms. The number of aryl methyl sites for hydroxylation is 1. The van der Waals surface area contributed by atoms with Crippen LogP contribution >= 0.6 is 0 Å². The van der Waals surface area contributed by atoms with Gasteiger partial charge in [-0.05, 0) is 62.4 Å². The Balaban J connectivity index is 1.79. The van der Waals surface area contributed by atoms with Gasteiger partial charge in [0, 0.05) is 37.1 Å². The lowest BCUT2D eigenvalue weighted by Gasteiger charge is -2.44. The van der Waals surface area contributed by atoms with Gasteiger partial charge in [-0.1, -0.05) is 24.3 Å². The Bertz CT molecular complexity index is 1020. The minimum atomic E-state index is -1.34. The molecule has 158 valence electrons. The molecular formula is C24H28F2N4. The summed E-state index contributed by atoms with van der Waals surface area (Å²) in [5, 5.41) is 4.38. The lowest BCUT2D eigenvalue weighted by atomic mass is 9.83. The van der Waals surface area contributed by atoms with Crippen molar-refractivity contribution >= 4 is 0 Å². The van der Waals surface area contributed by atoms with Crippen LogP contribution < -0.4 is 0 Å². The summed E-state index contributed by atoms with van der Waals surface area (Å²) in [7, 11) is 0. The Morgan fingerprint density at radius 1 is 1.13 bits per heavy atom. The van der Waals surface area contributed by atoms with Crippen LogP contribution in [0.5, 0.6) is 0 Å². The molecule has 2 aromatic heterocycles. The standard InChI is InChI=1S/C24H28F2N4/c1-5-29-14-20(13-28-29)17-6-8-21-19(11-17)10-16(2)30(15-24(3,4)26)23(21)18-7-9-22(25)27-12-18/h6-9,11-14,16,23H,5,10,15H2,1-4H3/t16-,23-/m1/s1. The number of halogens is 2. The molecule has 0 fully saturated rings. The van der Waals surface area contributed by atoms with E-state index in [9.17, 15) is 8.78 Å². The predicted molar refractivity (Wildman–Crippen MR) is 114 cm³/mol. The fourth-order valence-electron chi connectivity index (χ4n) is 4.38. The number of rotatable bonds is 5. The molecule has 0 radical (unpaired) electrons. The van der Waals surface area contributed by atoms with E-state index < -0.39 is 11.6 Å². The van der Waals surface area contributed by atoms with Crippen molar-refractivity contribution in [2.75, 3.05) is 6.54 Å². The molecule has 4 nitrogen and oxygen atoms in total. The summed E-state index contributed by atoms with van der Waals surface area (Å²) in [5.74, 6) is -0.511. The molecule has 1 aliphatic heterocycles. The highest BCUT2D eigenvalue weighted by Crippen LogP contribution is 2.40. The zero-order valence-corrected chi connectivity index (χ0v) is 17.9. The van der Waals surface area contributed by atoms with E-state index in [1.807, 2.05) is 17.1 Å². The van der Waals surface area contributed by atoms with E-state index in [0.717, 1.165) is 35.2 Å². The van der Waals surface area contributed by atoms with Gasteiger partial charge in [0.1, 0.15) is 5.67 Å². The molecule has 0 amide bonds. The Morgan fingerprint density at radius 3 is 2.57 bits per heavy atom. The van der Waals surface area contributed by atoms with Crippen LogP contribution in [-0.2, 0) is 13.0 Å². The van der Waals surface area contributed by atoms with Crippen LogP contribution in [0, 0.1) is 5.95 Å². The molecule has 6 heteroatoms. The molecule has 0 saturated carbocycles. The lowest BCUT2D eigenvalue weighted by Crippen LogP contribution is -2.47. The van der Waals surface area contributed by atoms with Crippen LogP contribution in [0.4, 0.5) is 8.78 Å². The molecule has 0 saturated heterocycles. The second-order valence-electron chi connectivity index (χ2n) is 8.76. The molecular weight excluding hydrogens is 382 g/mol. The summed E-state index contributed by atoms with van der Waals surface area (Å²) in [4.78, 5) is 6.04. The number of aromatic nitrogens is 3. The fourth-order valence-corrected chi connectivity index (χ4v) is 4.38. The number of alkyl halides is 1. The van der Waals surface area contributed by atoms with Gasteiger partial charge in [0.25, 0.3) is 0 Å². The number of hydrogen-bond donors (Lipinski definition) is 0. The number of nitrogens with zero attached hydrogens (tertiary/aromatic N) is 4. The van der Waals surface area contributed by atoms with Crippen LogP contribution in [0.2, 0.25) is 0 Å². The van der Waals surface area contributed by atoms with E-state index in [-0.39, 0.29) is 12.1 Å². The first-order chi connectivity index (χ1) is 14.2. The Kier molecular flexibility index (Phi) is 5.45. The van der Waals surface area contributed by atoms with Crippen LogP contribution in [-0.4, -0.2) is 37.9 Å². The summed E-state index contributed by atoms with van der Waals surface area (Å²) in [6, 6.07) is 9.52. The largest absolute Gasteiger partial charge is 0.286 e. The summed E-state index contributed by atoms with van der Waals surface area (Å²) < 4.78 is 30.1. The normalized spacial score (nSPS) is 19.7. The van der Waals surface area contributed by atoms with Crippen molar-refractivity contribution in [3.63, 3.8) is 0 Å². The van der Waals surface area contributed by atoms with Crippen molar-refractivity contribution in [2.45, 2.75) is 58.4 Å². The van der Waals surface area contributed by atoms with Crippen molar-refractivity contribution in [1.82, 2.24) is 19.7 Å². The average molecular weight is 411 g/mol. The van der Waals surface area contributed by atoms with Crippen LogP contribution in [0.15, 0.2) is 48.9 Å². The molecule has 3 heterocycles. The molecule has 2 atom stereocenters. The highest BCUT2D eigenvalue weighted by molar-refractivity contribution is 5.64. The predicted octanol–water partition coefficient (Wildman–Crippen LogP) is 5.19. The first kappa shape index (κ1) is 20.7. The van der Waals surface area contributed by atoms with E-state index in [0.29, 0.717) is 6.54 Å². The van der Waals surface area contributed by atoms with Gasteiger partial charge in [0.05, 0.1) is 12.2 Å². The molecule has 0 bridgehead atoms. The monoisotopic (exact) mass is 410 g/mol. The molecule has 0 spiro atoms. The van der Waals surface area contributed by atoms with Crippen molar-refractivity contribution in [3.8, 4) is 11.1 Å². The third kappa shape index (κ3) is 4.15. The minimum absolute atomic E-state index is 0.135. The molecule has 0 aliphatic carbocycles. The van der Waals surface area contributed by atoms with Gasteiger partial charge in [0.15, 0.2) is 0 Å². The van der Waals surface area contributed by atoms with E-state index in [1.54, 1.807) is 26.1 Å². The molecule has 3 aromatic rings. The van der Waals surface area contributed by atoms with Gasteiger partial charge < -0.3 is 0 Å². The maximum Gasteiger partial charge on any atom is 0.212 e. The third-order valence-electron chi connectivity index (χ3n) is 5.77. The second-order valence-corrected chi connectivity index (χ2v) is 8.76. The summed E-state index contributed by atoms with van der Waals surface area (Å²) in [6.07, 6.45) is 6.33. The van der Waals surface area contributed by atoms with E-state index in [1.165, 1.54) is 11.6 Å². The van der Waals surface area contributed by atoms with Crippen molar-refractivity contribution in [1.29, 1.82) is 0 Å². The summed E-state index contributed by atoms with van der Waals surface area (Å²) >= 11 is 0. The van der Waals surface area contributed by atoms with E-state index in [2.05, 4.69) is 47.0 Å². The maximum absolute atomic E-state index is 14.7. The number of pyridine rings is 1. The second kappa shape index (κ2) is 7.91. The highest BCUT2D eigenvalue weighted by Gasteiger charge is 2.36. The van der Waals surface area contributed by atoms with E-state index >= 15 is 0 Å². The first-order valence-corrected chi connectivity index (χ1v) is 10.5. The molecule has 0 unspecified atom stereocenters. The van der Waals surface area contributed by atoms with Crippen LogP contribution in [0.3, 0.4) is 0 Å². The fraction of sp³-hybridized carbons (Fsp3) is 0.417. The Labute approximate surface area is 176 Å². The number of fused-ring (bicyclic) bond motifs is 1. The van der Waals surface area contributed by atoms with Crippen molar-refractivity contribution < 1.29 is 8.78 Å². The Morgan fingerprint density at radius 2 is 1.93 bits per heavy atom. The van der Waals surface area contributed by atoms with Gasteiger partial charge in [-0.15, -0.1) is 0 Å². The average Bonchev–Trinajstić information content (AvgIpc) is 3.17. The molecule has 1 aliphatic rings.